The summed E-state index contributed by atoms with van der Waals surface area (Å²) < 4.78 is 13.9. The standard InChI is InChI=1S/C14H14ClFN2S/c1-3-4-12-17-13(8(2)14(19)18-12)10-7-9(16)5-6-11(10)15/h5-7H,3-4H2,1-2H3,(H,17,18,19). The number of rotatable bonds is 3. The Labute approximate surface area is 121 Å². The molecule has 0 bridgehead atoms. The number of hydrogen-bond donors (Lipinski definition) is 1. The zero-order valence-electron chi connectivity index (χ0n) is 10.8. The second kappa shape index (κ2) is 5.80. The number of H-pyrrole nitrogens is 1. The zero-order valence-corrected chi connectivity index (χ0v) is 12.3. The summed E-state index contributed by atoms with van der Waals surface area (Å²) in [5, 5.41) is 0.490. The molecule has 0 amide bonds. The lowest BCUT2D eigenvalue weighted by Gasteiger charge is -2.11. The predicted octanol–water partition coefficient (Wildman–Crippen LogP) is 4.86. The minimum absolute atomic E-state index is 0.327. The van der Waals surface area contributed by atoms with E-state index in [1.54, 1.807) is 6.07 Å². The van der Waals surface area contributed by atoms with E-state index in [1.165, 1.54) is 12.1 Å². The normalized spacial score (nSPS) is 10.7. The van der Waals surface area contributed by atoms with E-state index in [0.29, 0.717) is 15.2 Å². The molecule has 1 aromatic carbocycles. The molecule has 0 saturated heterocycles. The van der Waals surface area contributed by atoms with Crippen molar-refractivity contribution in [1.29, 1.82) is 0 Å². The third-order valence-corrected chi connectivity index (χ3v) is 3.61. The summed E-state index contributed by atoms with van der Waals surface area (Å²) in [5.41, 5.74) is 2.17. The second-order valence-corrected chi connectivity index (χ2v) is 5.16. The van der Waals surface area contributed by atoms with Crippen LogP contribution in [0.4, 0.5) is 4.39 Å². The Kier molecular flexibility index (Phi) is 4.32. The lowest BCUT2D eigenvalue weighted by Crippen LogP contribution is -2.01. The van der Waals surface area contributed by atoms with Crippen LogP contribution in [-0.4, -0.2) is 9.97 Å². The van der Waals surface area contributed by atoms with Crippen molar-refractivity contribution in [3.63, 3.8) is 0 Å². The van der Waals surface area contributed by atoms with Crippen LogP contribution in [0.3, 0.4) is 0 Å². The third-order valence-electron chi connectivity index (χ3n) is 2.89. The topological polar surface area (TPSA) is 28.7 Å². The molecule has 2 rings (SSSR count). The van der Waals surface area contributed by atoms with E-state index in [1.807, 2.05) is 6.92 Å². The van der Waals surface area contributed by atoms with E-state index in [4.69, 9.17) is 23.8 Å². The van der Waals surface area contributed by atoms with Gasteiger partial charge in [-0.2, -0.15) is 0 Å². The molecule has 0 radical (unpaired) electrons. The average molecular weight is 297 g/mol. The van der Waals surface area contributed by atoms with Crippen LogP contribution >= 0.6 is 23.8 Å². The quantitative estimate of drug-likeness (QED) is 0.819. The molecule has 0 spiro atoms. The van der Waals surface area contributed by atoms with Gasteiger partial charge in [-0.3, -0.25) is 0 Å². The molecule has 0 atom stereocenters. The van der Waals surface area contributed by atoms with Gasteiger partial charge in [0.2, 0.25) is 0 Å². The Balaban J connectivity index is 2.67. The van der Waals surface area contributed by atoms with Gasteiger partial charge in [-0.15, -0.1) is 0 Å². The number of aromatic amines is 1. The fourth-order valence-corrected chi connectivity index (χ4v) is 2.32. The highest BCUT2D eigenvalue weighted by molar-refractivity contribution is 7.71. The molecule has 0 aliphatic rings. The first-order chi connectivity index (χ1) is 9.02. The van der Waals surface area contributed by atoms with Crippen LogP contribution in [0.25, 0.3) is 11.3 Å². The zero-order chi connectivity index (χ0) is 14.0. The molecule has 2 aromatic rings. The molecule has 2 nitrogen and oxygen atoms in total. The number of nitrogens with one attached hydrogen (secondary N) is 1. The van der Waals surface area contributed by atoms with E-state index in [0.717, 1.165) is 29.9 Å². The maximum atomic E-state index is 13.4. The number of nitrogens with zero attached hydrogens (tertiary/aromatic N) is 1. The van der Waals surface area contributed by atoms with Crippen LogP contribution in [0.5, 0.6) is 0 Å². The van der Waals surface area contributed by atoms with Crippen molar-refractivity contribution in [2.75, 3.05) is 0 Å². The largest absolute Gasteiger partial charge is 0.343 e. The van der Waals surface area contributed by atoms with E-state index >= 15 is 0 Å². The van der Waals surface area contributed by atoms with Crippen LogP contribution in [0.2, 0.25) is 5.02 Å². The minimum atomic E-state index is -0.327. The predicted molar refractivity (Wildman–Crippen MR) is 78.6 cm³/mol. The van der Waals surface area contributed by atoms with Crippen molar-refractivity contribution in [2.24, 2.45) is 0 Å². The minimum Gasteiger partial charge on any atom is -0.343 e. The summed E-state index contributed by atoms with van der Waals surface area (Å²) in [4.78, 5) is 7.53. The van der Waals surface area contributed by atoms with Crippen molar-refractivity contribution in [3.05, 3.63) is 45.1 Å². The van der Waals surface area contributed by atoms with Crippen molar-refractivity contribution >= 4 is 23.8 Å². The number of benzene rings is 1. The Bertz CT molecular complexity index is 667. The summed E-state index contributed by atoms with van der Waals surface area (Å²) in [6.07, 6.45) is 1.75. The molecule has 0 saturated carbocycles. The summed E-state index contributed by atoms with van der Waals surface area (Å²) in [5.74, 6) is 0.473. The van der Waals surface area contributed by atoms with Crippen LogP contribution in [0, 0.1) is 17.4 Å². The van der Waals surface area contributed by atoms with E-state index in [-0.39, 0.29) is 5.82 Å². The Hall–Kier alpha value is -1.26. The molecular formula is C14H14ClFN2S. The van der Waals surface area contributed by atoms with Gasteiger partial charge in [-0.1, -0.05) is 30.7 Å². The lowest BCUT2D eigenvalue weighted by atomic mass is 10.1. The van der Waals surface area contributed by atoms with Gasteiger partial charge in [-0.05, 0) is 31.5 Å². The third kappa shape index (κ3) is 3.01. The Morgan fingerprint density at radius 3 is 2.84 bits per heavy atom. The average Bonchev–Trinajstić information content (AvgIpc) is 2.37. The fraction of sp³-hybridized carbons (Fsp3) is 0.286. The first-order valence-corrected chi connectivity index (χ1v) is 6.86. The molecule has 0 aliphatic carbocycles. The van der Waals surface area contributed by atoms with Crippen LogP contribution < -0.4 is 0 Å². The summed E-state index contributed by atoms with van der Waals surface area (Å²) in [7, 11) is 0. The van der Waals surface area contributed by atoms with Crippen LogP contribution in [0.1, 0.15) is 24.7 Å². The molecule has 100 valence electrons. The maximum Gasteiger partial charge on any atom is 0.133 e. The van der Waals surface area contributed by atoms with Crippen molar-refractivity contribution < 1.29 is 4.39 Å². The van der Waals surface area contributed by atoms with Crippen molar-refractivity contribution in [2.45, 2.75) is 26.7 Å². The smallest absolute Gasteiger partial charge is 0.133 e. The highest BCUT2D eigenvalue weighted by Crippen LogP contribution is 2.29. The molecule has 0 fully saturated rings. The number of aromatic nitrogens is 2. The highest BCUT2D eigenvalue weighted by Gasteiger charge is 2.11. The first-order valence-electron chi connectivity index (χ1n) is 6.08. The van der Waals surface area contributed by atoms with E-state index in [2.05, 4.69) is 16.9 Å². The molecule has 5 heteroatoms. The van der Waals surface area contributed by atoms with E-state index < -0.39 is 0 Å². The van der Waals surface area contributed by atoms with Crippen LogP contribution in [0.15, 0.2) is 18.2 Å². The Morgan fingerprint density at radius 2 is 2.16 bits per heavy atom. The first kappa shape index (κ1) is 14.2. The SMILES string of the molecule is CCCc1nc(=S)c(C)c(-c2cc(F)ccc2Cl)[nH]1. The van der Waals surface area contributed by atoms with Gasteiger partial charge in [0, 0.05) is 17.5 Å². The summed E-state index contributed by atoms with van der Waals surface area (Å²) in [6, 6.07) is 4.29. The summed E-state index contributed by atoms with van der Waals surface area (Å²) in [6.45, 7) is 3.92. The molecule has 1 heterocycles. The van der Waals surface area contributed by atoms with Gasteiger partial charge in [0.1, 0.15) is 16.3 Å². The number of aryl methyl sites for hydroxylation is 1. The summed E-state index contributed by atoms with van der Waals surface area (Å²) >= 11 is 11.4. The highest BCUT2D eigenvalue weighted by atomic mass is 35.5. The van der Waals surface area contributed by atoms with Gasteiger partial charge in [0.15, 0.2) is 0 Å². The second-order valence-electron chi connectivity index (χ2n) is 4.36. The van der Waals surface area contributed by atoms with Gasteiger partial charge in [0.05, 0.1) is 10.7 Å². The van der Waals surface area contributed by atoms with Gasteiger partial charge in [-0.25, -0.2) is 9.37 Å². The van der Waals surface area contributed by atoms with Gasteiger partial charge < -0.3 is 4.98 Å². The molecule has 1 aromatic heterocycles. The van der Waals surface area contributed by atoms with E-state index in [9.17, 15) is 4.39 Å². The maximum absolute atomic E-state index is 13.4. The van der Waals surface area contributed by atoms with Crippen LogP contribution in [-0.2, 0) is 6.42 Å². The van der Waals surface area contributed by atoms with Crippen molar-refractivity contribution in [3.8, 4) is 11.3 Å². The molecule has 1 N–H and O–H groups in total. The fourth-order valence-electron chi connectivity index (χ4n) is 1.89. The van der Waals surface area contributed by atoms with Crippen molar-refractivity contribution in [1.82, 2.24) is 9.97 Å². The van der Waals surface area contributed by atoms with Gasteiger partial charge in [0.25, 0.3) is 0 Å². The molecule has 0 aliphatic heterocycles. The molecular weight excluding hydrogens is 283 g/mol. The lowest BCUT2D eigenvalue weighted by molar-refractivity contribution is 0.628. The molecule has 0 unspecified atom stereocenters. The Morgan fingerprint density at radius 1 is 1.42 bits per heavy atom. The molecule has 19 heavy (non-hydrogen) atoms. The monoisotopic (exact) mass is 296 g/mol. The number of halogens is 2. The van der Waals surface area contributed by atoms with Gasteiger partial charge >= 0.3 is 0 Å². The number of hydrogen-bond acceptors (Lipinski definition) is 2.